The first-order chi connectivity index (χ1) is 7.33. The number of alkyl halides is 3. The highest BCUT2D eigenvalue weighted by Crippen LogP contribution is 2.27. The van der Waals surface area contributed by atoms with Gasteiger partial charge in [0, 0.05) is 18.5 Å². The van der Waals surface area contributed by atoms with Gasteiger partial charge in [-0.25, -0.2) is 0 Å². The van der Waals surface area contributed by atoms with Crippen LogP contribution in [0.15, 0.2) is 0 Å². The molecule has 1 aliphatic carbocycles. The zero-order chi connectivity index (χ0) is 12.3. The van der Waals surface area contributed by atoms with Crippen molar-refractivity contribution in [2.24, 2.45) is 11.7 Å². The minimum atomic E-state index is -4.33. The number of hydrogen-bond donors (Lipinski definition) is 1. The van der Waals surface area contributed by atoms with Gasteiger partial charge in [-0.3, -0.25) is 4.79 Å². The van der Waals surface area contributed by atoms with E-state index in [0.29, 0.717) is 12.8 Å². The van der Waals surface area contributed by atoms with Crippen LogP contribution in [0.1, 0.15) is 26.2 Å². The maximum atomic E-state index is 12.2. The third-order valence-electron chi connectivity index (χ3n) is 2.89. The second-order valence-electron chi connectivity index (χ2n) is 4.24. The van der Waals surface area contributed by atoms with Gasteiger partial charge in [-0.1, -0.05) is 0 Å². The van der Waals surface area contributed by atoms with Crippen molar-refractivity contribution in [2.45, 2.75) is 38.4 Å². The molecule has 1 rings (SSSR count). The molecule has 0 aromatic rings. The molecule has 0 aromatic carbocycles. The summed E-state index contributed by atoms with van der Waals surface area (Å²) in [5.41, 5.74) is 5.64. The quantitative estimate of drug-likeness (QED) is 0.810. The molecule has 16 heavy (non-hydrogen) atoms. The first-order valence-electron chi connectivity index (χ1n) is 5.44. The summed E-state index contributed by atoms with van der Waals surface area (Å²) in [6, 6.07) is -0.0430. The average Bonchev–Trinajstić information content (AvgIpc) is 2.58. The molecule has 1 amide bonds. The molecule has 6 heteroatoms. The number of amides is 1. The van der Waals surface area contributed by atoms with E-state index in [1.165, 1.54) is 0 Å². The first-order valence-corrected chi connectivity index (χ1v) is 5.44. The highest BCUT2D eigenvalue weighted by molar-refractivity contribution is 5.79. The summed E-state index contributed by atoms with van der Waals surface area (Å²) >= 11 is 0. The molecule has 2 unspecified atom stereocenters. The van der Waals surface area contributed by atoms with E-state index in [2.05, 4.69) is 0 Å². The van der Waals surface area contributed by atoms with Crippen molar-refractivity contribution < 1.29 is 18.0 Å². The van der Waals surface area contributed by atoms with Crippen molar-refractivity contribution in [1.82, 2.24) is 4.90 Å². The van der Waals surface area contributed by atoms with Gasteiger partial charge in [-0.15, -0.1) is 0 Å². The van der Waals surface area contributed by atoms with Crippen LogP contribution in [0, 0.1) is 5.92 Å². The fourth-order valence-corrected chi connectivity index (χ4v) is 2.06. The Kier molecular flexibility index (Phi) is 4.18. The lowest BCUT2D eigenvalue weighted by molar-refractivity contribution is -0.163. The Hall–Kier alpha value is -0.780. The van der Waals surface area contributed by atoms with Gasteiger partial charge in [0.15, 0.2) is 0 Å². The number of hydrogen-bond acceptors (Lipinski definition) is 2. The predicted molar refractivity (Wildman–Crippen MR) is 53.6 cm³/mol. The number of rotatable bonds is 3. The number of nitrogens with zero attached hydrogens (tertiary/aromatic N) is 1. The molecule has 0 bridgehead atoms. The molecule has 0 saturated heterocycles. The van der Waals surface area contributed by atoms with Gasteiger partial charge >= 0.3 is 6.18 Å². The summed E-state index contributed by atoms with van der Waals surface area (Å²) in [6.45, 7) is 0.483. The van der Waals surface area contributed by atoms with E-state index >= 15 is 0 Å². The fraction of sp³-hybridized carbons (Fsp3) is 0.900. The van der Waals surface area contributed by atoms with Crippen LogP contribution in [0.5, 0.6) is 0 Å². The largest absolute Gasteiger partial charge is 0.406 e. The van der Waals surface area contributed by atoms with Crippen LogP contribution in [0.4, 0.5) is 13.2 Å². The molecule has 2 atom stereocenters. The summed E-state index contributed by atoms with van der Waals surface area (Å²) in [4.78, 5) is 12.6. The molecule has 2 N–H and O–H groups in total. The molecule has 0 heterocycles. The van der Waals surface area contributed by atoms with Gasteiger partial charge in [-0.05, 0) is 26.2 Å². The van der Waals surface area contributed by atoms with Crippen LogP contribution in [0.3, 0.4) is 0 Å². The lowest BCUT2D eigenvalue weighted by atomic mass is 10.1. The van der Waals surface area contributed by atoms with Crippen molar-refractivity contribution in [3.8, 4) is 0 Å². The molecule has 1 aliphatic rings. The van der Waals surface area contributed by atoms with Crippen molar-refractivity contribution >= 4 is 5.91 Å². The van der Waals surface area contributed by atoms with Gasteiger partial charge in [0.1, 0.15) is 6.54 Å². The van der Waals surface area contributed by atoms with E-state index in [1.54, 1.807) is 6.92 Å². The minimum absolute atomic E-state index is 0.0430. The molecule has 0 aromatic heterocycles. The Balaban J connectivity index is 2.56. The normalized spacial score (nSPS) is 25.8. The summed E-state index contributed by atoms with van der Waals surface area (Å²) < 4.78 is 36.6. The Morgan fingerprint density at radius 1 is 1.44 bits per heavy atom. The maximum absolute atomic E-state index is 12.2. The van der Waals surface area contributed by atoms with E-state index in [0.717, 1.165) is 11.3 Å². The van der Waals surface area contributed by atoms with Gasteiger partial charge in [0.25, 0.3) is 0 Å². The highest BCUT2D eigenvalue weighted by Gasteiger charge is 2.36. The molecule has 1 fully saturated rings. The molecule has 3 nitrogen and oxygen atoms in total. The third-order valence-corrected chi connectivity index (χ3v) is 2.89. The van der Waals surface area contributed by atoms with Crippen LogP contribution in [-0.4, -0.2) is 36.1 Å². The van der Waals surface area contributed by atoms with E-state index in [9.17, 15) is 18.0 Å². The second kappa shape index (κ2) is 5.03. The van der Waals surface area contributed by atoms with Crippen molar-refractivity contribution in [3.05, 3.63) is 0 Å². The predicted octanol–water partition coefficient (Wildman–Crippen LogP) is 1.52. The van der Waals surface area contributed by atoms with Crippen LogP contribution < -0.4 is 5.73 Å². The van der Waals surface area contributed by atoms with Crippen LogP contribution in [-0.2, 0) is 4.79 Å². The van der Waals surface area contributed by atoms with Crippen molar-refractivity contribution in [1.29, 1.82) is 0 Å². The Bertz CT molecular complexity index is 255. The standard InChI is InChI=1S/C10H17F3N2O/c1-2-15(6-10(11,12)13)9(16)7-3-4-8(14)5-7/h7-8H,2-6,14H2,1H3. The summed E-state index contributed by atoms with van der Waals surface area (Å²) in [5, 5.41) is 0. The van der Waals surface area contributed by atoms with Gasteiger partial charge in [0.2, 0.25) is 5.91 Å². The van der Waals surface area contributed by atoms with Crippen LogP contribution in [0.25, 0.3) is 0 Å². The fourth-order valence-electron chi connectivity index (χ4n) is 2.06. The number of halogens is 3. The van der Waals surface area contributed by atoms with Gasteiger partial charge < -0.3 is 10.6 Å². The molecule has 0 aliphatic heterocycles. The van der Waals surface area contributed by atoms with Gasteiger partial charge in [-0.2, -0.15) is 13.2 Å². The minimum Gasteiger partial charge on any atom is -0.334 e. The molecule has 94 valence electrons. The summed E-state index contributed by atoms with van der Waals surface area (Å²) in [6.07, 6.45) is -2.49. The molecular weight excluding hydrogens is 221 g/mol. The Labute approximate surface area is 92.8 Å². The highest BCUT2D eigenvalue weighted by atomic mass is 19.4. The van der Waals surface area contributed by atoms with Crippen LogP contribution >= 0.6 is 0 Å². The van der Waals surface area contributed by atoms with Gasteiger partial charge in [0.05, 0.1) is 0 Å². The Morgan fingerprint density at radius 2 is 2.06 bits per heavy atom. The Morgan fingerprint density at radius 3 is 2.44 bits per heavy atom. The molecule has 1 saturated carbocycles. The first kappa shape index (κ1) is 13.3. The third kappa shape index (κ3) is 3.66. The zero-order valence-corrected chi connectivity index (χ0v) is 9.26. The number of carbonyl (C=O) groups is 1. The lowest BCUT2D eigenvalue weighted by Crippen LogP contribution is -2.41. The number of nitrogens with two attached hydrogens (primary N) is 1. The number of carbonyl (C=O) groups excluding carboxylic acids is 1. The monoisotopic (exact) mass is 238 g/mol. The lowest BCUT2D eigenvalue weighted by Gasteiger charge is -2.25. The second-order valence-corrected chi connectivity index (χ2v) is 4.24. The molecule has 0 spiro atoms. The van der Waals surface area contributed by atoms with E-state index < -0.39 is 18.6 Å². The molecular formula is C10H17F3N2O. The van der Waals surface area contributed by atoms with E-state index in [-0.39, 0.29) is 18.5 Å². The summed E-state index contributed by atoms with van der Waals surface area (Å²) in [5.74, 6) is -0.731. The topological polar surface area (TPSA) is 46.3 Å². The SMILES string of the molecule is CCN(CC(F)(F)F)C(=O)C1CCC(N)C1. The summed E-state index contributed by atoms with van der Waals surface area (Å²) in [7, 11) is 0. The van der Waals surface area contributed by atoms with Crippen molar-refractivity contribution in [3.63, 3.8) is 0 Å². The van der Waals surface area contributed by atoms with E-state index in [1.807, 2.05) is 0 Å². The van der Waals surface area contributed by atoms with Crippen LogP contribution in [0.2, 0.25) is 0 Å². The zero-order valence-electron chi connectivity index (χ0n) is 9.26. The van der Waals surface area contributed by atoms with E-state index in [4.69, 9.17) is 5.73 Å². The average molecular weight is 238 g/mol. The maximum Gasteiger partial charge on any atom is 0.406 e. The molecule has 0 radical (unpaired) electrons. The van der Waals surface area contributed by atoms with Crippen molar-refractivity contribution in [2.75, 3.05) is 13.1 Å². The smallest absolute Gasteiger partial charge is 0.334 e.